The fourth-order valence-corrected chi connectivity index (χ4v) is 3.19. The Morgan fingerprint density at radius 1 is 1.50 bits per heavy atom. The van der Waals surface area contributed by atoms with Gasteiger partial charge >= 0.3 is 0 Å². The van der Waals surface area contributed by atoms with Crippen LogP contribution in [0.25, 0.3) is 0 Å². The number of hydrogen-bond donors (Lipinski definition) is 1. The molecule has 9 heteroatoms. The van der Waals surface area contributed by atoms with Gasteiger partial charge in [-0.15, -0.1) is 6.58 Å². The van der Waals surface area contributed by atoms with Gasteiger partial charge in [0.1, 0.15) is 5.25 Å². The van der Waals surface area contributed by atoms with E-state index in [4.69, 9.17) is 0 Å². The third-order valence-electron chi connectivity index (χ3n) is 3.38. The van der Waals surface area contributed by atoms with Crippen molar-refractivity contribution in [1.29, 1.82) is 0 Å². The predicted octanol–water partition coefficient (Wildman–Crippen LogP) is 2.48. The highest BCUT2D eigenvalue weighted by Gasteiger charge is 2.39. The number of nitro benzene ring substituents is 1. The largest absolute Gasteiger partial charge is 0.326 e. The summed E-state index contributed by atoms with van der Waals surface area (Å²) < 4.78 is 0. The van der Waals surface area contributed by atoms with Crippen LogP contribution in [0.15, 0.2) is 30.9 Å². The summed E-state index contributed by atoms with van der Waals surface area (Å²) in [6.45, 7) is 5.23. The van der Waals surface area contributed by atoms with Gasteiger partial charge in [-0.2, -0.15) is 0 Å². The van der Waals surface area contributed by atoms with Crippen molar-refractivity contribution in [3.8, 4) is 0 Å². The van der Waals surface area contributed by atoms with Crippen molar-refractivity contribution in [2.24, 2.45) is 0 Å². The van der Waals surface area contributed by atoms with Crippen molar-refractivity contribution >= 4 is 40.2 Å². The zero-order chi connectivity index (χ0) is 17.9. The van der Waals surface area contributed by atoms with Crippen LogP contribution in [0.1, 0.15) is 12.0 Å². The van der Waals surface area contributed by atoms with E-state index in [-0.39, 0.29) is 18.7 Å². The number of nitro groups is 1. The monoisotopic (exact) mass is 349 g/mol. The van der Waals surface area contributed by atoms with Gasteiger partial charge in [0, 0.05) is 30.8 Å². The number of imide groups is 1. The van der Waals surface area contributed by atoms with E-state index in [1.54, 1.807) is 6.92 Å². The molecule has 1 atom stereocenters. The summed E-state index contributed by atoms with van der Waals surface area (Å²) in [5.74, 6) is -0.855. The standard InChI is InChI=1S/C15H15N3O5S/c1-3-6-17-14(20)12(24-15(17)21)8-13(19)16-11-5-4-10(18(22)23)7-9(11)2/h3-5,7,12H,1,6,8H2,2H3,(H,16,19)/t12-/m0/s1. The van der Waals surface area contributed by atoms with Gasteiger partial charge in [-0.1, -0.05) is 17.8 Å². The van der Waals surface area contributed by atoms with E-state index >= 15 is 0 Å². The van der Waals surface area contributed by atoms with E-state index in [1.807, 2.05) is 0 Å². The fourth-order valence-electron chi connectivity index (χ4n) is 2.19. The maximum Gasteiger partial charge on any atom is 0.289 e. The van der Waals surface area contributed by atoms with Crippen LogP contribution in [0, 0.1) is 17.0 Å². The van der Waals surface area contributed by atoms with Crippen LogP contribution in [0.2, 0.25) is 0 Å². The SMILES string of the molecule is C=CCN1C(=O)S[C@@H](CC(=O)Nc2ccc([N+](=O)[O-])cc2C)C1=O. The molecule has 1 aromatic carbocycles. The number of carbonyl (C=O) groups excluding carboxylic acids is 3. The highest BCUT2D eigenvalue weighted by Crippen LogP contribution is 2.29. The van der Waals surface area contributed by atoms with E-state index < -0.39 is 27.2 Å². The second-order valence-electron chi connectivity index (χ2n) is 5.12. The number of amides is 3. The molecule has 0 spiro atoms. The molecule has 1 fully saturated rings. The first-order chi connectivity index (χ1) is 11.3. The Bertz CT molecular complexity index is 734. The van der Waals surface area contributed by atoms with Gasteiger partial charge in [0.25, 0.3) is 10.9 Å². The zero-order valence-electron chi connectivity index (χ0n) is 12.9. The lowest BCUT2D eigenvalue weighted by Crippen LogP contribution is -2.33. The van der Waals surface area contributed by atoms with Gasteiger partial charge in [-0.3, -0.25) is 29.4 Å². The Morgan fingerprint density at radius 2 is 2.21 bits per heavy atom. The topological polar surface area (TPSA) is 110 Å². The van der Waals surface area contributed by atoms with Gasteiger partial charge < -0.3 is 5.32 Å². The molecule has 8 nitrogen and oxygen atoms in total. The van der Waals surface area contributed by atoms with Crippen LogP contribution in [0.3, 0.4) is 0 Å². The molecule has 1 aromatic rings. The van der Waals surface area contributed by atoms with Crippen molar-refractivity contribution in [1.82, 2.24) is 4.90 Å². The summed E-state index contributed by atoms with van der Waals surface area (Å²) in [6, 6.07) is 4.07. The average molecular weight is 349 g/mol. The van der Waals surface area contributed by atoms with Crippen molar-refractivity contribution in [2.45, 2.75) is 18.6 Å². The molecule has 3 amide bonds. The summed E-state index contributed by atoms with van der Waals surface area (Å²) in [5.41, 5.74) is 0.889. The highest BCUT2D eigenvalue weighted by atomic mass is 32.2. The highest BCUT2D eigenvalue weighted by molar-refractivity contribution is 8.15. The van der Waals surface area contributed by atoms with Gasteiger partial charge in [-0.25, -0.2) is 0 Å². The molecule has 0 unspecified atom stereocenters. The summed E-state index contributed by atoms with van der Waals surface area (Å²) in [5, 5.41) is 12.1. The summed E-state index contributed by atoms with van der Waals surface area (Å²) >= 11 is 0.811. The lowest BCUT2D eigenvalue weighted by Gasteiger charge is -2.12. The first-order valence-electron chi connectivity index (χ1n) is 7.01. The van der Waals surface area contributed by atoms with E-state index in [1.165, 1.54) is 24.3 Å². The lowest BCUT2D eigenvalue weighted by molar-refractivity contribution is -0.384. The van der Waals surface area contributed by atoms with Crippen molar-refractivity contribution < 1.29 is 19.3 Å². The predicted molar refractivity (Wildman–Crippen MR) is 89.8 cm³/mol. The number of nitrogens with one attached hydrogen (secondary N) is 1. The molecule has 0 aliphatic carbocycles. The first kappa shape index (κ1) is 17.7. The molecule has 1 aliphatic rings. The molecular formula is C15H15N3O5S. The number of non-ortho nitro benzene ring substituents is 1. The summed E-state index contributed by atoms with van der Waals surface area (Å²) in [7, 11) is 0. The lowest BCUT2D eigenvalue weighted by atomic mass is 10.1. The number of anilines is 1. The normalized spacial score (nSPS) is 17.0. The Hall–Kier alpha value is -2.68. The molecule has 2 rings (SSSR count). The number of carbonyl (C=O) groups is 3. The van der Waals surface area contributed by atoms with Crippen LogP contribution in [-0.2, 0) is 9.59 Å². The van der Waals surface area contributed by atoms with Crippen LogP contribution in [0.4, 0.5) is 16.2 Å². The quantitative estimate of drug-likeness (QED) is 0.480. The van der Waals surface area contributed by atoms with E-state index in [0.29, 0.717) is 11.3 Å². The number of thioether (sulfide) groups is 1. The summed E-state index contributed by atoms with van der Waals surface area (Å²) in [6.07, 6.45) is 1.29. The molecule has 0 aromatic heterocycles. The Kier molecular flexibility index (Phi) is 5.35. The number of aryl methyl sites for hydroxylation is 1. The van der Waals surface area contributed by atoms with Gasteiger partial charge in [0.15, 0.2) is 0 Å². The molecule has 1 N–H and O–H groups in total. The second kappa shape index (κ2) is 7.26. The van der Waals surface area contributed by atoms with Crippen molar-refractivity contribution in [3.05, 3.63) is 46.5 Å². The Balaban J connectivity index is 2.01. The number of rotatable bonds is 6. The molecule has 0 saturated carbocycles. The number of benzene rings is 1. The van der Waals surface area contributed by atoms with Gasteiger partial charge in [0.2, 0.25) is 11.8 Å². The van der Waals surface area contributed by atoms with Crippen molar-refractivity contribution in [2.75, 3.05) is 11.9 Å². The number of hydrogen-bond acceptors (Lipinski definition) is 6. The minimum Gasteiger partial charge on any atom is -0.326 e. The first-order valence-corrected chi connectivity index (χ1v) is 7.89. The maximum atomic E-state index is 12.1. The molecule has 1 aliphatic heterocycles. The smallest absolute Gasteiger partial charge is 0.289 e. The third kappa shape index (κ3) is 3.80. The van der Waals surface area contributed by atoms with E-state index in [2.05, 4.69) is 11.9 Å². The zero-order valence-corrected chi connectivity index (χ0v) is 13.7. The molecule has 1 saturated heterocycles. The van der Waals surface area contributed by atoms with E-state index in [9.17, 15) is 24.5 Å². The molecule has 0 bridgehead atoms. The third-order valence-corrected chi connectivity index (χ3v) is 4.46. The van der Waals surface area contributed by atoms with E-state index in [0.717, 1.165) is 16.7 Å². The Labute approximate surface area is 142 Å². The average Bonchev–Trinajstić information content (AvgIpc) is 2.77. The minimum atomic E-state index is -0.768. The maximum absolute atomic E-state index is 12.1. The molecule has 24 heavy (non-hydrogen) atoms. The minimum absolute atomic E-state index is 0.0716. The number of nitrogens with zero attached hydrogens (tertiary/aromatic N) is 2. The fraction of sp³-hybridized carbons (Fsp3) is 0.267. The second-order valence-corrected chi connectivity index (χ2v) is 6.27. The Morgan fingerprint density at radius 3 is 2.79 bits per heavy atom. The molecular weight excluding hydrogens is 334 g/mol. The molecule has 1 heterocycles. The molecule has 126 valence electrons. The molecule has 0 radical (unpaired) electrons. The van der Waals surface area contributed by atoms with Crippen LogP contribution < -0.4 is 5.32 Å². The van der Waals surface area contributed by atoms with Gasteiger partial charge in [0.05, 0.1) is 4.92 Å². The van der Waals surface area contributed by atoms with Crippen LogP contribution in [0.5, 0.6) is 0 Å². The van der Waals surface area contributed by atoms with Crippen LogP contribution in [-0.4, -0.2) is 38.7 Å². The van der Waals surface area contributed by atoms with Gasteiger partial charge in [-0.05, 0) is 18.6 Å². The van der Waals surface area contributed by atoms with Crippen molar-refractivity contribution in [3.63, 3.8) is 0 Å². The van der Waals surface area contributed by atoms with Crippen LogP contribution >= 0.6 is 11.8 Å². The summed E-state index contributed by atoms with van der Waals surface area (Å²) in [4.78, 5) is 47.1.